The lowest BCUT2D eigenvalue weighted by atomic mass is 10.7. The van der Waals surface area contributed by atoms with Crippen molar-refractivity contribution < 1.29 is 0 Å². The van der Waals surface area contributed by atoms with Gasteiger partial charge in [-0.25, -0.2) is 0 Å². The van der Waals surface area contributed by atoms with E-state index in [0.717, 1.165) is 0 Å². The Morgan fingerprint density at radius 3 is 1.78 bits per heavy atom. The van der Waals surface area contributed by atoms with Crippen molar-refractivity contribution in [1.29, 1.82) is 10.5 Å². The standard InChI is InChI=1S/C3H2ClN.C3H3N/c1-3(4)2-5;1-2-3-4/h1H2;2H,1H2. The largest absolute Gasteiger partial charge is 0.193 e. The van der Waals surface area contributed by atoms with E-state index < -0.39 is 0 Å². The second kappa shape index (κ2) is 9.89. The zero-order chi connectivity index (χ0) is 7.70. The Kier molecular flexibility index (Phi) is 11.7. The fraction of sp³-hybridized carbons (Fsp3) is 0. The fourth-order valence-corrected chi connectivity index (χ4v) is 0. The molecule has 0 aromatic rings. The number of hydrogen-bond acceptors (Lipinski definition) is 2. The van der Waals surface area contributed by atoms with Crippen molar-refractivity contribution >= 4 is 11.6 Å². The van der Waals surface area contributed by atoms with Gasteiger partial charge >= 0.3 is 0 Å². The molecule has 0 atom stereocenters. The molecule has 0 saturated heterocycles. The van der Waals surface area contributed by atoms with Crippen LogP contribution in [-0.4, -0.2) is 0 Å². The van der Waals surface area contributed by atoms with E-state index in [4.69, 9.17) is 22.1 Å². The van der Waals surface area contributed by atoms with Gasteiger partial charge in [-0.15, -0.1) is 0 Å². The topological polar surface area (TPSA) is 47.6 Å². The van der Waals surface area contributed by atoms with Crippen LogP contribution < -0.4 is 0 Å². The summed E-state index contributed by atoms with van der Waals surface area (Å²) in [6.07, 6.45) is 1.18. The summed E-state index contributed by atoms with van der Waals surface area (Å²) in [4.78, 5) is 0. The molecule has 0 amide bonds. The maximum Gasteiger partial charge on any atom is 0.111 e. The van der Waals surface area contributed by atoms with Crippen LogP contribution in [-0.2, 0) is 0 Å². The maximum atomic E-state index is 7.66. The molecular weight excluding hydrogens is 136 g/mol. The summed E-state index contributed by atoms with van der Waals surface area (Å²) in [5, 5.41) is 15.2. The molecule has 0 aliphatic rings. The summed E-state index contributed by atoms with van der Waals surface area (Å²) >= 11 is 4.91. The third kappa shape index (κ3) is 49.7. The van der Waals surface area contributed by atoms with Crippen molar-refractivity contribution in [3.05, 3.63) is 24.3 Å². The lowest BCUT2D eigenvalue weighted by molar-refractivity contribution is 1.53. The smallest absolute Gasteiger partial charge is 0.111 e. The SMILES string of the molecule is C=C(Cl)C#N.C=CC#N. The number of nitriles is 2. The first kappa shape index (κ1) is 10.7. The Bertz CT molecular complexity index is 170. The van der Waals surface area contributed by atoms with Crippen LogP contribution in [0.4, 0.5) is 0 Å². The molecule has 46 valence electrons. The molecule has 0 fully saturated rings. The summed E-state index contributed by atoms with van der Waals surface area (Å²) in [6, 6.07) is 3.29. The van der Waals surface area contributed by atoms with Gasteiger partial charge in [0.25, 0.3) is 0 Å². The Hall–Kier alpha value is -1.25. The van der Waals surface area contributed by atoms with Crippen LogP contribution in [0.5, 0.6) is 0 Å². The predicted octanol–water partition coefficient (Wildman–Crippen LogP) is 1.96. The lowest BCUT2D eigenvalue weighted by Gasteiger charge is -1.58. The average Bonchev–Trinajstić information content (AvgIpc) is 1.89. The van der Waals surface area contributed by atoms with Crippen LogP contribution in [0.2, 0.25) is 0 Å². The molecule has 3 heteroatoms. The molecule has 0 N–H and O–H groups in total. The molecule has 0 rings (SSSR count). The van der Waals surface area contributed by atoms with Gasteiger partial charge in [0.1, 0.15) is 11.1 Å². The number of rotatable bonds is 0. The van der Waals surface area contributed by atoms with E-state index in [9.17, 15) is 0 Å². The summed E-state index contributed by atoms with van der Waals surface area (Å²) in [5.74, 6) is 0. The third-order valence-corrected chi connectivity index (χ3v) is 0.297. The van der Waals surface area contributed by atoms with E-state index in [-0.39, 0.29) is 5.03 Å². The quantitative estimate of drug-likeness (QED) is 0.483. The average molecular weight is 141 g/mol. The lowest BCUT2D eigenvalue weighted by Crippen LogP contribution is -1.44. The molecule has 9 heavy (non-hydrogen) atoms. The highest BCUT2D eigenvalue weighted by atomic mass is 35.5. The first-order valence-corrected chi connectivity index (χ1v) is 2.31. The zero-order valence-corrected chi connectivity index (χ0v) is 5.52. The Balaban J connectivity index is 0. The minimum atomic E-state index is 0.0324. The molecular formula is C6H5ClN2. The summed E-state index contributed by atoms with van der Waals surface area (Å²) < 4.78 is 0. The van der Waals surface area contributed by atoms with Gasteiger partial charge < -0.3 is 0 Å². The van der Waals surface area contributed by atoms with E-state index in [2.05, 4.69) is 13.2 Å². The van der Waals surface area contributed by atoms with Crippen LogP contribution in [0.1, 0.15) is 0 Å². The molecule has 2 nitrogen and oxygen atoms in total. The van der Waals surface area contributed by atoms with Crippen molar-refractivity contribution in [2.75, 3.05) is 0 Å². The van der Waals surface area contributed by atoms with Crippen molar-refractivity contribution in [1.82, 2.24) is 0 Å². The Morgan fingerprint density at radius 2 is 1.78 bits per heavy atom. The second-order valence-corrected chi connectivity index (χ2v) is 1.31. The maximum absolute atomic E-state index is 7.66. The Labute approximate surface area is 59.3 Å². The van der Waals surface area contributed by atoms with Crippen LogP contribution >= 0.6 is 11.6 Å². The second-order valence-electron chi connectivity index (χ2n) is 0.850. The van der Waals surface area contributed by atoms with E-state index in [1.807, 2.05) is 0 Å². The minimum Gasteiger partial charge on any atom is -0.193 e. The monoisotopic (exact) mass is 140 g/mol. The van der Waals surface area contributed by atoms with Gasteiger partial charge in [-0.2, -0.15) is 10.5 Å². The molecule has 0 aromatic carbocycles. The summed E-state index contributed by atoms with van der Waals surface area (Å²) in [5.41, 5.74) is 0. The zero-order valence-electron chi connectivity index (χ0n) is 4.76. The van der Waals surface area contributed by atoms with E-state index >= 15 is 0 Å². The highest BCUT2D eigenvalue weighted by Crippen LogP contribution is 1.88. The van der Waals surface area contributed by atoms with Gasteiger partial charge in [-0.05, 0) is 0 Å². The highest BCUT2D eigenvalue weighted by Gasteiger charge is 1.68. The molecule has 0 saturated carbocycles. The first-order chi connectivity index (χ1) is 4.18. The van der Waals surface area contributed by atoms with Crippen LogP contribution in [0.3, 0.4) is 0 Å². The number of allylic oxidation sites excluding steroid dienone is 2. The van der Waals surface area contributed by atoms with Gasteiger partial charge in [0, 0.05) is 6.08 Å². The molecule has 0 bridgehead atoms. The molecule has 0 aromatic heterocycles. The Morgan fingerprint density at radius 1 is 1.56 bits per heavy atom. The number of nitrogens with zero attached hydrogens (tertiary/aromatic N) is 2. The van der Waals surface area contributed by atoms with E-state index in [1.54, 1.807) is 12.1 Å². The van der Waals surface area contributed by atoms with Gasteiger partial charge in [0.05, 0.1) is 6.07 Å². The van der Waals surface area contributed by atoms with Crippen molar-refractivity contribution in [3.63, 3.8) is 0 Å². The minimum absolute atomic E-state index is 0.0324. The highest BCUT2D eigenvalue weighted by molar-refractivity contribution is 6.31. The molecule has 0 spiro atoms. The number of halogens is 1. The van der Waals surface area contributed by atoms with E-state index in [0.29, 0.717) is 0 Å². The van der Waals surface area contributed by atoms with Crippen molar-refractivity contribution in [2.45, 2.75) is 0 Å². The number of hydrogen-bond donors (Lipinski definition) is 0. The molecule has 0 unspecified atom stereocenters. The van der Waals surface area contributed by atoms with Gasteiger partial charge in [0.2, 0.25) is 0 Å². The van der Waals surface area contributed by atoms with E-state index in [1.165, 1.54) is 6.08 Å². The van der Waals surface area contributed by atoms with Crippen LogP contribution in [0.25, 0.3) is 0 Å². The van der Waals surface area contributed by atoms with Crippen LogP contribution in [0.15, 0.2) is 24.3 Å². The molecule has 0 radical (unpaired) electrons. The normalized spacial score (nSPS) is 4.78. The van der Waals surface area contributed by atoms with Crippen LogP contribution in [0, 0.1) is 22.7 Å². The third-order valence-electron chi connectivity index (χ3n) is 0.213. The van der Waals surface area contributed by atoms with Gasteiger partial charge in [-0.3, -0.25) is 0 Å². The van der Waals surface area contributed by atoms with Crippen molar-refractivity contribution in [2.24, 2.45) is 0 Å². The molecule has 0 aliphatic carbocycles. The first-order valence-electron chi connectivity index (χ1n) is 1.94. The summed E-state index contributed by atoms with van der Waals surface area (Å²) in [7, 11) is 0. The predicted molar refractivity (Wildman–Crippen MR) is 36.4 cm³/mol. The van der Waals surface area contributed by atoms with Gasteiger partial charge in [-0.1, -0.05) is 24.8 Å². The fourth-order valence-electron chi connectivity index (χ4n) is 0. The van der Waals surface area contributed by atoms with Crippen molar-refractivity contribution in [3.8, 4) is 12.1 Å². The molecule has 0 aliphatic heterocycles. The van der Waals surface area contributed by atoms with Gasteiger partial charge in [0.15, 0.2) is 0 Å². The summed E-state index contributed by atoms with van der Waals surface area (Å²) in [6.45, 7) is 6.20. The molecule has 0 heterocycles.